The Bertz CT molecular complexity index is 349. The quantitative estimate of drug-likeness (QED) is 0.843. The maximum Gasteiger partial charge on any atom is 0.127 e. The number of rotatable bonds is 3. The standard InChI is InChI=1S/C13H16FNO.ClH/c14-12-3-1-10(2-4-12)13(9-16)11-5-7-15-8-6-11;/h1-4,9,11,13,15H,5-8H2;1H. The first kappa shape index (κ1) is 14.1. The number of aldehydes is 1. The lowest BCUT2D eigenvalue weighted by atomic mass is 9.81. The van der Waals surface area contributed by atoms with Crippen LogP contribution in [0.2, 0.25) is 0 Å². The van der Waals surface area contributed by atoms with E-state index in [-0.39, 0.29) is 24.1 Å². The maximum atomic E-state index is 12.8. The predicted molar refractivity (Wildman–Crippen MR) is 68.0 cm³/mol. The van der Waals surface area contributed by atoms with Gasteiger partial charge in [0.05, 0.1) is 0 Å². The van der Waals surface area contributed by atoms with Crippen LogP contribution >= 0.6 is 12.4 Å². The lowest BCUT2D eigenvalue weighted by Gasteiger charge is -2.27. The average molecular weight is 258 g/mol. The maximum absolute atomic E-state index is 12.8. The van der Waals surface area contributed by atoms with E-state index in [1.54, 1.807) is 12.1 Å². The summed E-state index contributed by atoms with van der Waals surface area (Å²) in [7, 11) is 0. The molecule has 1 N–H and O–H groups in total. The van der Waals surface area contributed by atoms with Crippen molar-refractivity contribution in [3.05, 3.63) is 35.6 Å². The van der Waals surface area contributed by atoms with Crippen LogP contribution in [0.25, 0.3) is 0 Å². The van der Waals surface area contributed by atoms with Crippen molar-refractivity contribution in [1.82, 2.24) is 5.32 Å². The first-order valence-electron chi connectivity index (χ1n) is 5.72. The predicted octanol–water partition coefficient (Wildman–Crippen LogP) is 2.53. The van der Waals surface area contributed by atoms with Crippen LogP contribution in [0.5, 0.6) is 0 Å². The van der Waals surface area contributed by atoms with E-state index in [2.05, 4.69) is 5.32 Å². The summed E-state index contributed by atoms with van der Waals surface area (Å²) in [6, 6.07) is 6.28. The van der Waals surface area contributed by atoms with Gasteiger partial charge in [-0.1, -0.05) is 12.1 Å². The van der Waals surface area contributed by atoms with E-state index >= 15 is 0 Å². The SMILES string of the molecule is Cl.O=CC(c1ccc(F)cc1)C1CCNCC1. The van der Waals surface area contributed by atoms with Gasteiger partial charge >= 0.3 is 0 Å². The largest absolute Gasteiger partial charge is 0.317 e. The molecule has 1 fully saturated rings. The number of halogens is 2. The third kappa shape index (κ3) is 3.51. The minimum absolute atomic E-state index is 0. The number of nitrogens with one attached hydrogen (secondary N) is 1. The summed E-state index contributed by atoms with van der Waals surface area (Å²) in [4.78, 5) is 11.2. The van der Waals surface area contributed by atoms with Gasteiger partial charge in [0.2, 0.25) is 0 Å². The molecule has 2 nitrogen and oxygen atoms in total. The van der Waals surface area contributed by atoms with Crippen molar-refractivity contribution in [2.75, 3.05) is 13.1 Å². The van der Waals surface area contributed by atoms with Gasteiger partial charge in [0.25, 0.3) is 0 Å². The van der Waals surface area contributed by atoms with Gasteiger partial charge in [-0.05, 0) is 49.5 Å². The van der Waals surface area contributed by atoms with Gasteiger partial charge in [-0.15, -0.1) is 12.4 Å². The van der Waals surface area contributed by atoms with Crippen LogP contribution in [-0.2, 0) is 4.79 Å². The molecule has 0 spiro atoms. The van der Waals surface area contributed by atoms with Crippen molar-refractivity contribution >= 4 is 18.7 Å². The van der Waals surface area contributed by atoms with Crippen molar-refractivity contribution in [3.8, 4) is 0 Å². The zero-order valence-electron chi connectivity index (χ0n) is 9.56. The van der Waals surface area contributed by atoms with Gasteiger partial charge in [0.1, 0.15) is 12.1 Å². The lowest BCUT2D eigenvalue weighted by molar-refractivity contribution is -0.110. The Morgan fingerprint density at radius 3 is 2.35 bits per heavy atom. The number of benzene rings is 1. The molecule has 1 aliphatic heterocycles. The topological polar surface area (TPSA) is 29.1 Å². The Morgan fingerprint density at radius 2 is 1.82 bits per heavy atom. The molecule has 0 radical (unpaired) electrons. The summed E-state index contributed by atoms with van der Waals surface area (Å²) >= 11 is 0. The van der Waals surface area contributed by atoms with Crippen molar-refractivity contribution in [1.29, 1.82) is 0 Å². The number of piperidine rings is 1. The summed E-state index contributed by atoms with van der Waals surface area (Å²) < 4.78 is 12.8. The molecule has 1 atom stereocenters. The van der Waals surface area contributed by atoms with Crippen LogP contribution in [-0.4, -0.2) is 19.4 Å². The Morgan fingerprint density at radius 1 is 1.24 bits per heavy atom. The molecule has 17 heavy (non-hydrogen) atoms. The zero-order valence-corrected chi connectivity index (χ0v) is 10.4. The molecule has 0 amide bonds. The molecule has 0 aliphatic carbocycles. The summed E-state index contributed by atoms with van der Waals surface area (Å²) in [6.07, 6.45) is 3.03. The Hall–Kier alpha value is -0.930. The van der Waals surface area contributed by atoms with E-state index in [1.165, 1.54) is 12.1 Å². The van der Waals surface area contributed by atoms with Crippen LogP contribution in [0.1, 0.15) is 24.3 Å². The van der Waals surface area contributed by atoms with Gasteiger partial charge in [-0.25, -0.2) is 4.39 Å². The number of carbonyl (C=O) groups is 1. The van der Waals surface area contributed by atoms with Crippen molar-refractivity contribution in [2.24, 2.45) is 5.92 Å². The van der Waals surface area contributed by atoms with Crippen LogP contribution in [0, 0.1) is 11.7 Å². The summed E-state index contributed by atoms with van der Waals surface area (Å²) in [5.41, 5.74) is 0.934. The van der Waals surface area contributed by atoms with E-state index < -0.39 is 0 Å². The fourth-order valence-corrected chi connectivity index (χ4v) is 2.35. The minimum Gasteiger partial charge on any atom is -0.317 e. The van der Waals surface area contributed by atoms with Gasteiger partial charge in [0, 0.05) is 5.92 Å². The Balaban J connectivity index is 0.00000144. The van der Waals surface area contributed by atoms with Gasteiger partial charge < -0.3 is 10.1 Å². The number of hydrogen-bond donors (Lipinski definition) is 1. The number of carbonyl (C=O) groups excluding carboxylic acids is 1. The molecule has 2 rings (SSSR count). The minimum atomic E-state index is -0.251. The second-order valence-corrected chi connectivity index (χ2v) is 4.30. The Labute approximate surface area is 107 Å². The van der Waals surface area contributed by atoms with Crippen LogP contribution in [0.3, 0.4) is 0 Å². The third-order valence-electron chi connectivity index (χ3n) is 3.29. The monoisotopic (exact) mass is 257 g/mol. The normalized spacial score (nSPS) is 18.2. The highest BCUT2D eigenvalue weighted by molar-refractivity contribution is 5.85. The average Bonchev–Trinajstić information content (AvgIpc) is 2.34. The van der Waals surface area contributed by atoms with Crippen LogP contribution in [0.15, 0.2) is 24.3 Å². The van der Waals surface area contributed by atoms with Gasteiger partial charge in [-0.3, -0.25) is 0 Å². The fourth-order valence-electron chi connectivity index (χ4n) is 2.35. The molecule has 1 heterocycles. The fraction of sp³-hybridized carbons (Fsp3) is 0.462. The highest BCUT2D eigenvalue weighted by Crippen LogP contribution is 2.29. The van der Waals surface area contributed by atoms with E-state index in [4.69, 9.17) is 0 Å². The van der Waals surface area contributed by atoms with Crippen molar-refractivity contribution in [3.63, 3.8) is 0 Å². The first-order chi connectivity index (χ1) is 7.81. The smallest absolute Gasteiger partial charge is 0.127 e. The van der Waals surface area contributed by atoms with E-state index in [0.717, 1.165) is 37.8 Å². The number of hydrogen-bond acceptors (Lipinski definition) is 2. The second kappa shape index (κ2) is 6.72. The summed E-state index contributed by atoms with van der Waals surface area (Å²) in [5, 5.41) is 3.28. The van der Waals surface area contributed by atoms with E-state index in [1.807, 2.05) is 0 Å². The first-order valence-corrected chi connectivity index (χ1v) is 5.72. The van der Waals surface area contributed by atoms with Gasteiger partial charge in [-0.2, -0.15) is 0 Å². The molecule has 1 aromatic rings. The summed E-state index contributed by atoms with van der Waals surface area (Å²) in [6.45, 7) is 1.94. The second-order valence-electron chi connectivity index (χ2n) is 4.30. The highest BCUT2D eigenvalue weighted by Gasteiger charge is 2.24. The molecular formula is C13H17ClFNO. The molecule has 4 heteroatoms. The van der Waals surface area contributed by atoms with Crippen LogP contribution < -0.4 is 5.32 Å². The summed E-state index contributed by atoms with van der Waals surface area (Å²) in [5.74, 6) is 0.0608. The van der Waals surface area contributed by atoms with Crippen LogP contribution in [0.4, 0.5) is 4.39 Å². The lowest BCUT2D eigenvalue weighted by Crippen LogP contribution is -2.31. The Kier molecular flexibility index (Phi) is 5.59. The van der Waals surface area contributed by atoms with Crippen molar-refractivity contribution in [2.45, 2.75) is 18.8 Å². The van der Waals surface area contributed by atoms with Gasteiger partial charge in [0.15, 0.2) is 0 Å². The molecule has 0 bridgehead atoms. The third-order valence-corrected chi connectivity index (χ3v) is 3.29. The van der Waals surface area contributed by atoms with Crippen molar-refractivity contribution < 1.29 is 9.18 Å². The molecule has 1 saturated heterocycles. The molecule has 1 aliphatic rings. The molecule has 1 unspecified atom stereocenters. The van der Waals surface area contributed by atoms with E-state index in [9.17, 15) is 9.18 Å². The molecular weight excluding hydrogens is 241 g/mol. The van der Waals surface area contributed by atoms with E-state index in [0.29, 0.717) is 5.92 Å². The molecule has 1 aromatic carbocycles. The molecule has 0 saturated carbocycles. The molecule has 0 aromatic heterocycles. The highest BCUT2D eigenvalue weighted by atomic mass is 35.5. The molecule has 94 valence electrons. The zero-order chi connectivity index (χ0) is 11.4.